The molecule has 5 nitrogen and oxygen atoms in total. The van der Waals surface area contributed by atoms with E-state index in [1.54, 1.807) is 10.9 Å². The molecule has 6 heteroatoms. The predicted octanol–water partition coefficient (Wildman–Crippen LogP) is 3.56. The zero-order chi connectivity index (χ0) is 16.5. The van der Waals surface area contributed by atoms with Gasteiger partial charge < -0.3 is 9.47 Å². The minimum absolute atomic E-state index is 0.248. The molecule has 0 amide bonds. The maximum absolute atomic E-state index is 11.9. The van der Waals surface area contributed by atoms with Gasteiger partial charge in [0.25, 0.3) is 0 Å². The number of carbonyl (C=O) groups is 1. The van der Waals surface area contributed by atoms with Crippen molar-refractivity contribution >= 4 is 17.6 Å². The van der Waals surface area contributed by atoms with E-state index in [0.717, 1.165) is 18.4 Å². The normalized spacial score (nSPS) is 10.7. The van der Waals surface area contributed by atoms with Gasteiger partial charge in [-0.3, -0.25) is 4.68 Å². The largest absolute Gasteiger partial charge is 0.460 e. The van der Waals surface area contributed by atoms with Crippen molar-refractivity contribution in [1.29, 1.82) is 0 Å². The highest BCUT2D eigenvalue weighted by Crippen LogP contribution is 2.16. The van der Waals surface area contributed by atoms with Crippen LogP contribution in [0.15, 0.2) is 36.7 Å². The number of benzene rings is 1. The molecule has 0 aliphatic heterocycles. The molecule has 0 N–H and O–H groups in total. The molecule has 0 aliphatic rings. The van der Waals surface area contributed by atoms with Crippen LogP contribution in [-0.2, 0) is 16.0 Å². The molecule has 0 saturated carbocycles. The SMILES string of the molecule is CCCCOCCOC(=O)c1cnn(Cc2ccccc2Cl)c1. The zero-order valence-electron chi connectivity index (χ0n) is 13.2. The van der Waals surface area contributed by atoms with Crippen LogP contribution in [0.2, 0.25) is 5.02 Å². The summed E-state index contributed by atoms with van der Waals surface area (Å²) in [6, 6.07) is 7.54. The fourth-order valence-corrected chi connectivity index (χ4v) is 2.18. The summed E-state index contributed by atoms with van der Waals surface area (Å²) in [6.45, 7) is 3.97. The molecule has 23 heavy (non-hydrogen) atoms. The number of halogens is 1. The first-order chi connectivity index (χ1) is 11.2. The number of hydrogen-bond donors (Lipinski definition) is 0. The highest BCUT2D eigenvalue weighted by atomic mass is 35.5. The summed E-state index contributed by atoms with van der Waals surface area (Å²) in [5, 5.41) is 4.85. The second-order valence-electron chi connectivity index (χ2n) is 5.12. The standard InChI is InChI=1S/C17H21ClN2O3/c1-2-3-8-22-9-10-23-17(21)15-11-19-20(13-15)12-14-6-4-5-7-16(14)18/h4-7,11,13H,2-3,8-10,12H2,1H3. The van der Waals surface area contributed by atoms with Crippen LogP contribution in [0.4, 0.5) is 0 Å². The van der Waals surface area contributed by atoms with Gasteiger partial charge in [-0.15, -0.1) is 0 Å². The number of ether oxygens (including phenoxy) is 2. The van der Waals surface area contributed by atoms with Gasteiger partial charge in [-0.1, -0.05) is 43.1 Å². The Morgan fingerprint density at radius 2 is 2.09 bits per heavy atom. The van der Waals surface area contributed by atoms with Crippen LogP contribution in [0.25, 0.3) is 0 Å². The second kappa shape index (κ2) is 9.33. The Balaban J connectivity index is 1.79. The predicted molar refractivity (Wildman–Crippen MR) is 88.8 cm³/mol. The molecule has 1 heterocycles. The van der Waals surface area contributed by atoms with E-state index in [2.05, 4.69) is 12.0 Å². The fourth-order valence-electron chi connectivity index (χ4n) is 1.98. The maximum Gasteiger partial charge on any atom is 0.341 e. The lowest BCUT2D eigenvalue weighted by atomic mass is 10.2. The molecular weight excluding hydrogens is 316 g/mol. The molecular formula is C17H21ClN2O3. The van der Waals surface area contributed by atoms with Crippen molar-refractivity contribution in [1.82, 2.24) is 9.78 Å². The highest BCUT2D eigenvalue weighted by Gasteiger charge is 2.10. The number of unbranched alkanes of at least 4 members (excludes halogenated alkanes) is 1. The topological polar surface area (TPSA) is 53.4 Å². The number of carbonyl (C=O) groups excluding carboxylic acids is 1. The first-order valence-electron chi connectivity index (χ1n) is 7.71. The van der Waals surface area contributed by atoms with Gasteiger partial charge in [0.15, 0.2) is 0 Å². The number of aromatic nitrogens is 2. The number of hydrogen-bond acceptors (Lipinski definition) is 4. The second-order valence-corrected chi connectivity index (χ2v) is 5.53. The Labute approximate surface area is 141 Å². The quantitative estimate of drug-likeness (QED) is 0.519. The van der Waals surface area contributed by atoms with E-state index in [0.29, 0.717) is 30.3 Å². The minimum atomic E-state index is -0.394. The molecule has 2 aromatic rings. The van der Waals surface area contributed by atoms with Gasteiger partial charge in [-0.25, -0.2) is 4.79 Å². The monoisotopic (exact) mass is 336 g/mol. The highest BCUT2D eigenvalue weighted by molar-refractivity contribution is 6.31. The molecule has 0 unspecified atom stereocenters. The third-order valence-corrected chi connectivity index (χ3v) is 3.63. The van der Waals surface area contributed by atoms with Crippen LogP contribution >= 0.6 is 11.6 Å². The Hall–Kier alpha value is -1.85. The molecule has 0 spiro atoms. The van der Waals surface area contributed by atoms with Crippen molar-refractivity contribution in [3.63, 3.8) is 0 Å². The third kappa shape index (κ3) is 5.69. The number of esters is 1. The van der Waals surface area contributed by atoms with Crippen LogP contribution in [0.3, 0.4) is 0 Å². The Morgan fingerprint density at radius 1 is 1.26 bits per heavy atom. The summed E-state index contributed by atoms with van der Waals surface area (Å²) in [5.41, 5.74) is 1.37. The molecule has 1 aromatic carbocycles. The molecule has 0 saturated heterocycles. The number of rotatable bonds is 9. The molecule has 0 aliphatic carbocycles. The van der Waals surface area contributed by atoms with Crippen molar-refractivity contribution in [2.75, 3.05) is 19.8 Å². The van der Waals surface area contributed by atoms with Crippen LogP contribution in [-0.4, -0.2) is 35.6 Å². The van der Waals surface area contributed by atoms with E-state index in [1.807, 2.05) is 24.3 Å². The summed E-state index contributed by atoms with van der Waals surface area (Å²) in [4.78, 5) is 11.9. The number of nitrogens with zero attached hydrogens (tertiary/aromatic N) is 2. The molecule has 0 atom stereocenters. The van der Waals surface area contributed by atoms with Gasteiger partial charge in [0.1, 0.15) is 6.61 Å². The lowest BCUT2D eigenvalue weighted by molar-refractivity contribution is 0.0313. The van der Waals surface area contributed by atoms with E-state index in [1.165, 1.54) is 6.20 Å². The molecule has 124 valence electrons. The maximum atomic E-state index is 11.9. The van der Waals surface area contributed by atoms with Gasteiger partial charge in [0.05, 0.1) is 24.9 Å². The summed E-state index contributed by atoms with van der Waals surface area (Å²) >= 11 is 6.12. The van der Waals surface area contributed by atoms with Gasteiger partial charge in [0.2, 0.25) is 0 Å². The van der Waals surface area contributed by atoms with Crippen molar-refractivity contribution < 1.29 is 14.3 Å². The van der Waals surface area contributed by atoms with Gasteiger partial charge in [0, 0.05) is 17.8 Å². The molecule has 1 aromatic heterocycles. The molecule has 0 fully saturated rings. The Kier molecular flexibility index (Phi) is 7.10. The van der Waals surface area contributed by atoms with E-state index in [9.17, 15) is 4.79 Å². The zero-order valence-corrected chi connectivity index (χ0v) is 14.0. The lowest BCUT2D eigenvalue weighted by Crippen LogP contribution is -2.11. The molecule has 2 rings (SSSR count). The van der Waals surface area contributed by atoms with E-state index < -0.39 is 5.97 Å². The van der Waals surface area contributed by atoms with Crippen molar-refractivity contribution in [3.8, 4) is 0 Å². The summed E-state index contributed by atoms with van der Waals surface area (Å²) in [7, 11) is 0. The summed E-state index contributed by atoms with van der Waals surface area (Å²) in [5.74, 6) is -0.394. The van der Waals surface area contributed by atoms with E-state index >= 15 is 0 Å². The first-order valence-corrected chi connectivity index (χ1v) is 8.09. The van der Waals surface area contributed by atoms with E-state index in [4.69, 9.17) is 21.1 Å². The molecule has 0 radical (unpaired) electrons. The Morgan fingerprint density at radius 3 is 2.87 bits per heavy atom. The lowest BCUT2D eigenvalue weighted by Gasteiger charge is -2.05. The molecule has 0 bridgehead atoms. The van der Waals surface area contributed by atoms with Gasteiger partial charge in [-0.2, -0.15) is 5.10 Å². The Bertz CT molecular complexity index is 628. The van der Waals surface area contributed by atoms with Crippen molar-refractivity contribution in [2.45, 2.75) is 26.3 Å². The van der Waals surface area contributed by atoms with Crippen LogP contribution < -0.4 is 0 Å². The average Bonchev–Trinajstić information content (AvgIpc) is 3.01. The first kappa shape index (κ1) is 17.5. The van der Waals surface area contributed by atoms with Gasteiger partial charge in [-0.05, 0) is 18.1 Å². The van der Waals surface area contributed by atoms with Gasteiger partial charge >= 0.3 is 5.97 Å². The summed E-state index contributed by atoms with van der Waals surface area (Å²) < 4.78 is 12.2. The van der Waals surface area contributed by atoms with Crippen LogP contribution in [0.1, 0.15) is 35.7 Å². The minimum Gasteiger partial charge on any atom is -0.460 e. The fraction of sp³-hybridized carbons (Fsp3) is 0.412. The average molecular weight is 337 g/mol. The summed E-state index contributed by atoms with van der Waals surface area (Å²) in [6.07, 6.45) is 5.26. The van der Waals surface area contributed by atoms with Crippen molar-refractivity contribution in [2.24, 2.45) is 0 Å². The third-order valence-electron chi connectivity index (χ3n) is 3.26. The van der Waals surface area contributed by atoms with Crippen LogP contribution in [0, 0.1) is 0 Å². The van der Waals surface area contributed by atoms with E-state index in [-0.39, 0.29) is 6.61 Å². The van der Waals surface area contributed by atoms with Crippen LogP contribution in [0.5, 0.6) is 0 Å². The smallest absolute Gasteiger partial charge is 0.341 e. The van der Waals surface area contributed by atoms with Crippen molar-refractivity contribution in [3.05, 3.63) is 52.8 Å².